The molecule has 0 saturated carbocycles. The highest BCUT2D eigenvalue weighted by atomic mass is 16.2. The van der Waals surface area contributed by atoms with Gasteiger partial charge in [0, 0.05) is 25.1 Å². The summed E-state index contributed by atoms with van der Waals surface area (Å²) < 4.78 is 0. The van der Waals surface area contributed by atoms with E-state index in [4.69, 9.17) is 0 Å². The molecule has 0 spiro atoms. The van der Waals surface area contributed by atoms with Crippen LogP contribution in [0.1, 0.15) is 67.2 Å². The zero-order valence-electron chi connectivity index (χ0n) is 15.0. The predicted octanol–water partition coefficient (Wildman–Crippen LogP) is 5.08. The molecule has 2 rings (SSSR count). The molecule has 0 radical (unpaired) electrons. The first-order valence-electron chi connectivity index (χ1n) is 8.98. The lowest BCUT2D eigenvalue weighted by Gasteiger charge is -2.21. The number of unbranched alkanes of at least 4 members (excludes halogenated alkanes) is 2. The predicted molar refractivity (Wildman–Crippen MR) is 99.7 cm³/mol. The monoisotopic (exact) mass is 325 g/mol. The van der Waals surface area contributed by atoms with Crippen LogP contribution in [0.15, 0.2) is 36.4 Å². The smallest absolute Gasteiger partial charge is 0.255 e. The zero-order chi connectivity index (χ0) is 17.5. The number of nitrogens with zero attached hydrogens (tertiary/aromatic N) is 1. The normalized spacial score (nSPS) is 10.8. The molecule has 1 amide bonds. The van der Waals surface area contributed by atoms with E-state index < -0.39 is 0 Å². The Morgan fingerprint density at radius 1 is 0.917 bits per heavy atom. The van der Waals surface area contributed by atoms with Crippen LogP contribution in [-0.4, -0.2) is 29.7 Å². The van der Waals surface area contributed by atoms with Gasteiger partial charge >= 0.3 is 0 Å². The highest BCUT2D eigenvalue weighted by Crippen LogP contribution is 2.25. The van der Waals surface area contributed by atoms with Crippen molar-refractivity contribution in [1.82, 2.24) is 4.90 Å². The zero-order valence-corrected chi connectivity index (χ0v) is 15.0. The number of fused-ring (bicyclic) bond motifs is 1. The number of rotatable bonds is 8. The number of carbonyl (C=O) groups excluding carboxylic acids is 2. The fraction of sp³-hybridized carbons (Fsp3) is 0.429. The van der Waals surface area contributed by atoms with Crippen LogP contribution in [0.5, 0.6) is 0 Å². The van der Waals surface area contributed by atoms with Crippen molar-refractivity contribution in [2.75, 3.05) is 13.1 Å². The van der Waals surface area contributed by atoms with Crippen molar-refractivity contribution in [3.05, 3.63) is 47.5 Å². The Bertz CT molecular complexity index is 717. The minimum atomic E-state index is -0.0457. The summed E-state index contributed by atoms with van der Waals surface area (Å²) in [5.74, 6) is 0.0281. The summed E-state index contributed by atoms with van der Waals surface area (Å²) in [7, 11) is 0. The van der Waals surface area contributed by atoms with Crippen molar-refractivity contribution >= 4 is 22.5 Å². The van der Waals surface area contributed by atoms with Gasteiger partial charge in [-0.15, -0.1) is 0 Å². The lowest BCUT2D eigenvalue weighted by molar-refractivity contribution is 0.0769. The quantitative estimate of drug-likeness (QED) is 0.501. The Kier molecular flexibility index (Phi) is 6.53. The van der Waals surface area contributed by atoms with Gasteiger partial charge in [-0.3, -0.25) is 9.59 Å². The maximum atomic E-state index is 13.0. The highest BCUT2D eigenvalue weighted by molar-refractivity contribution is 6.16. The second-order valence-corrected chi connectivity index (χ2v) is 6.07. The number of hydrogen-bond acceptors (Lipinski definition) is 2. The molecule has 24 heavy (non-hydrogen) atoms. The average Bonchev–Trinajstić information content (AvgIpc) is 2.61. The van der Waals surface area contributed by atoms with E-state index >= 15 is 0 Å². The highest BCUT2D eigenvalue weighted by Gasteiger charge is 2.22. The summed E-state index contributed by atoms with van der Waals surface area (Å²) in [6, 6.07) is 11.6. The summed E-state index contributed by atoms with van der Waals surface area (Å²) in [6.07, 6.45) is 3.50. The molecule has 0 N–H and O–H groups in total. The Hall–Kier alpha value is -2.16. The Labute approximate surface area is 144 Å². The first kappa shape index (κ1) is 18.2. The van der Waals surface area contributed by atoms with Crippen molar-refractivity contribution in [1.29, 1.82) is 0 Å². The number of carbonyl (C=O) groups is 2. The summed E-state index contributed by atoms with van der Waals surface area (Å²) in [5.41, 5.74) is 1.14. The number of ketones is 1. The van der Waals surface area contributed by atoms with Gasteiger partial charge in [0.1, 0.15) is 0 Å². The molecule has 2 aromatic carbocycles. The molecule has 3 nitrogen and oxygen atoms in total. The second-order valence-electron chi connectivity index (χ2n) is 6.07. The van der Waals surface area contributed by atoms with E-state index in [0.717, 1.165) is 30.0 Å². The Morgan fingerprint density at radius 2 is 1.62 bits per heavy atom. The van der Waals surface area contributed by atoms with Crippen molar-refractivity contribution < 1.29 is 9.59 Å². The van der Waals surface area contributed by atoms with E-state index in [1.54, 1.807) is 4.90 Å². The largest absolute Gasteiger partial charge is 0.339 e. The molecule has 0 saturated heterocycles. The van der Waals surface area contributed by atoms with Gasteiger partial charge in [-0.2, -0.15) is 0 Å². The third-order valence-corrected chi connectivity index (χ3v) is 4.50. The molecule has 0 aliphatic heterocycles. The van der Waals surface area contributed by atoms with Crippen molar-refractivity contribution in [3.8, 4) is 0 Å². The molecule has 0 bridgehead atoms. The van der Waals surface area contributed by atoms with Crippen molar-refractivity contribution in [2.24, 2.45) is 0 Å². The third-order valence-electron chi connectivity index (χ3n) is 4.50. The van der Waals surface area contributed by atoms with Crippen molar-refractivity contribution in [2.45, 2.75) is 46.5 Å². The Morgan fingerprint density at radius 3 is 2.29 bits per heavy atom. The molecule has 3 heteroatoms. The van der Waals surface area contributed by atoms with Crippen molar-refractivity contribution in [3.63, 3.8) is 0 Å². The average molecular weight is 325 g/mol. The van der Waals surface area contributed by atoms with E-state index in [-0.39, 0.29) is 11.7 Å². The van der Waals surface area contributed by atoms with Crippen LogP contribution in [0.2, 0.25) is 0 Å². The van der Waals surface area contributed by atoms with E-state index in [2.05, 4.69) is 6.92 Å². The number of amides is 1. The molecule has 0 aliphatic carbocycles. The maximum absolute atomic E-state index is 13.0. The van der Waals surface area contributed by atoms with Crippen LogP contribution < -0.4 is 0 Å². The summed E-state index contributed by atoms with van der Waals surface area (Å²) in [4.78, 5) is 27.5. The van der Waals surface area contributed by atoms with Gasteiger partial charge in [-0.25, -0.2) is 0 Å². The van der Waals surface area contributed by atoms with E-state index in [1.165, 1.54) is 0 Å². The van der Waals surface area contributed by atoms with Gasteiger partial charge in [0.05, 0.1) is 5.56 Å². The number of benzene rings is 2. The molecular formula is C21H27NO2. The Balaban J connectivity index is 2.52. The lowest BCUT2D eigenvalue weighted by Crippen LogP contribution is -2.32. The topological polar surface area (TPSA) is 37.4 Å². The minimum Gasteiger partial charge on any atom is -0.339 e. The van der Waals surface area contributed by atoms with Gasteiger partial charge < -0.3 is 4.90 Å². The SMILES string of the molecule is CCCCCC(=O)c1ccc2ccccc2c1C(=O)N(CC)CC. The molecule has 0 aromatic heterocycles. The van der Waals surface area contributed by atoms with Crippen LogP contribution in [0.4, 0.5) is 0 Å². The van der Waals surface area contributed by atoms with Gasteiger partial charge in [-0.1, -0.05) is 50.1 Å². The minimum absolute atomic E-state index is 0.0457. The third kappa shape index (κ3) is 3.84. The summed E-state index contributed by atoms with van der Waals surface area (Å²) in [5, 5.41) is 1.87. The van der Waals surface area contributed by atoms with Crippen LogP contribution in [0.25, 0.3) is 10.8 Å². The van der Waals surface area contributed by atoms with Gasteiger partial charge in [0.25, 0.3) is 5.91 Å². The van der Waals surface area contributed by atoms with Crippen LogP contribution in [0.3, 0.4) is 0 Å². The fourth-order valence-corrected chi connectivity index (χ4v) is 3.07. The standard InChI is InChI=1S/C21H27NO2/c1-4-7-8-13-19(23)18-15-14-16-11-9-10-12-17(16)20(18)21(24)22(5-2)6-3/h9-12,14-15H,4-8,13H2,1-3H3. The van der Waals surface area contributed by atoms with Crippen LogP contribution in [0, 0.1) is 0 Å². The lowest BCUT2D eigenvalue weighted by atomic mass is 9.93. The molecule has 0 aliphatic rings. The molecule has 0 atom stereocenters. The summed E-state index contributed by atoms with van der Waals surface area (Å²) >= 11 is 0. The van der Waals surface area contributed by atoms with E-state index in [1.807, 2.05) is 50.2 Å². The first-order chi connectivity index (χ1) is 11.6. The molecule has 0 unspecified atom stereocenters. The first-order valence-corrected chi connectivity index (χ1v) is 8.98. The molecule has 128 valence electrons. The number of Topliss-reactive ketones (excluding diaryl/α,β-unsaturated/α-hetero) is 1. The van der Waals surface area contributed by atoms with E-state index in [9.17, 15) is 9.59 Å². The van der Waals surface area contributed by atoms with Crippen LogP contribution >= 0.6 is 0 Å². The van der Waals surface area contributed by atoms with Gasteiger partial charge in [0.15, 0.2) is 5.78 Å². The fourth-order valence-electron chi connectivity index (χ4n) is 3.07. The molecule has 2 aromatic rings. The maximum Gasteiger partial charge on any atom is 0.255 e. The summed E-state index contributed by atoms with van der Waals surface area (Å²) in [6.45, 7) is 7.34. The van der Waals surface area contributed by atoms with Gasteiger partial charge in [0.2, 0.25) is 0 Å². The second kappa shape index (κ2) is 8.62. The number of hydrogen-bond donors (Lipinski definition) is 0. The molecule has 0 fully saturated rings. The molecular weight excluding hydrogens is 298 g/mol. The molecule has 0 heterocycles. The van der Waals surface area contributed by atoms with E-state index in [0.29, 0.717) is 30.6 Å². The van der Waals surface area contributed by atoms with Crippen LogP contribution in [-0.2, 0) is 0 Å². The van der Waals surface area contributed by atoms with Gasteiger partial charge in [-0.05, 0) is 37.1 Å².